The Morgan fingerprint density at radius 1 is 0.677 bits per heavy atom. The van der Waals surface area contributed by atoms with E-state index in [1.54, 1.807) is 18.2 Å². The lowest BCUT2D eigenvalue weighted by Gasteiger charge is -2.57. The molecule has 4 aliphatic rings. The zero-order chi connectivity index (χ0) is 21.7. The van der Waals surface area contributed by atoms with Crippen molar-refractivity contribution in [3.8, 4) is 0 Å². The lowest BCUT2D eigenvalue weighted by molar-refractivity contribution is -0.124. The van der Waals surface area contributed by atoms with E-state index in [-0.39, 0.29) is 11.8 Å². The van der Waals surface area contributed by atoms with Crippen molar-refractivity contribution in [2.45, 2.75) is 24.7 Å². The van der Waals surface area contributed by atoms with Crippen molar-refractivity contribution >= 4 is 40.7 Å². The zero-order valence-electron chi connectivity index (χ0n) is 17.0. The van der Waals surface area contributed by atoms with Crippen molar-refractivity contribution in [1.82, 2.24) is 0 Å². The van der Waals surface area contributed by atoms with Gasteiger partial charge in [-0.1, -0.05) is 85.6 Å². The monoisotopic (exact) mass is 447 g/mol. The molecular weight excluding hydrogens is 429 g/mol. The molecule has 3 aromatic carbocycles. The Morgan fingerprint density at radius 3 is 1.48 bits per heavy atom. The normalized spacial score (nSPS) is 30.3. The van der Waals surface area contributed by atoms with E-state index >= 15 is 0 Å². The summed E-state index contributed by atoms with van der Waals surface area (Å²) in [6, 6.07) is 21.4. The molecule has 2 amide bonds. The molecule has 154 valence electrons. The van der Waals surface area contributed by atoms with Crippen LogP contribution in [0.5, 0.6) is 0 Å². The number of halogens is 2. The van der Waals surface area contributed by atoms with Gasteiger partial charge in [-0.25, -0.2) is 4.90 Å². The fourth-order valence-electron chi connectivity index (χ4n) is 6.45. The van der Waals surface area contributed by atoms with Gasteiger partial charge in [0.25, 0.3) is 0 Å². The maximum Gasteiger partial charge on any atom is 0.238 e. The average molecular weight is 448 g/mol. The number of carbonyl (C=O) groups excluding carboxylic acids is 2. The topological polar surface area (TPSA) is 37.4 Å². The molecule has 0 spiro atoms. The Kier molecular flexibility index (Phi) is 3.69. The molecule has 1 aliphatic heterocycles. The summed E-state index contributed by atoms with van der Waals surface area (Å²) in [7, 11) is 0. The lowest BCUT2D eigenvalue weighted by Crippen LogP contribution is -2.59. The molecule has 3 aliphatic carbocycles. The van der Waals surface area contributed by atoms with E-state index in [4.69, 9.17) is 23.2 Å². The van der Waals surface area contributed by atoms with Crippen LogP contribution in [0.3, 0.4) is 0 Å². The molecule has 0 radical (unpaired) electrons. The van der Waals surface area contributed by atoms with Crippen LogP contribution in [0.2, 0.25) is 10.0 Å². The van der Waals surface area contributed by atoms with E-state index in [9.17, 15) is 9.59 Å². The van der Waals surface area contributed by atoms with Crippen molar-refractivity contribution in [3.05, 3.63) is 99.0 Å². The molecule has 1 heterocycles. The van der Waals surface area contributed by atoms with Crippen LogP contribution in [0.25, 0.3) is 0 Å². The van der Waals surface area contributed by atoms with Gasteiger partial charge in [0.2, 0.25) is 11.8 Å². The second-order valence-electron chi connectivity index (χ2n) is 9.06. The predicted molar refractivity (Wildman–Crippen MR) is 122 cm³/mol. The minimum Gasteiger partial charge on any atom is -0.274 e. The molecule has 1 saturated heterocycles. The first-order chi connectivity index (χ1) is 14.8. The van der Waals surface area contributed by atoms with Gasteiger partial charge in [0.1, 0.15) is 0 Å². The van der Waals surface area contributed by atoms with Crippen LogP contribution in [0, 0.1) is 11.8 Å². The molecule has 2 bridgehead atoms. The van der Waals surface area contributed by atoms with Crippen molar-refractivity contribution in [3.63, 3.8) is 0 Å². The summed E-state index contributed by atoms with van der Waals surface area (Å²) in [6.07, 6.45) is 0. The minimum atomic E-state index is -0.590. The third kappa shape index (κ3) is 2.07. The summed E-state index contributed by atoms with van der Waals surface area (Å²) >= 11 is 12.3. The number of amides is 2. The molecule has 0 saturated carbocycles. The Morgan fingerprint density at radius 2 is 1.10 bits per heavy atom. The fourth-order valence-corrected chi connectivity index (χ4v) is 6.74. The summed E-state index contributed by atoms with van der Waals surface area (Å²) in [4.78, 5) is 29.2. The van der Waals surface area contributed by atoms with E-state index in [0.717, 1.165) is 22.3 Å². The highest BCUT2D eigenvalue weighted by Crippen LogP contribution is 2.66. The van der Waals surface area contributed by atoms with Crippen molar-refractivity contribution in [2.75, 3.05) is 4.90 Å². The van der Waals surface area contributed by atoms with Gasteiger partial charge in [-0.15, -0.1) is 0 Å². The smallest absolute Gasteiger partial charge is 0.238 e. The summed E-state index contributed by atoms with van der Waals surface area (Å²) in [5, 5.41) is 0.710. The average Bonchev–Trinajstić information content (AvgIpc) is 3.05. The summed E-state index contributed by atoms with van der Waals surface area (Å²) in [5.74, 6) is -1.31. The Balaban J connectivity index is 1.65. The first kappa shape index (κ1) is 19.1. The highest BCUT2D eigenvalue weighted by atomic mass is 35.5. The molecule has 7 rings (SSSR count). The number of rotatable bonds is 1. The molecule has 2 atom stereocenters. The van der Waals surface area contributed by atoms with Crippen molar-refractivity contribution < 1.29 is 9.59 Å². The molecule has 3 nitrogen and oxygen atoms in total. The van der Waals surface area contributed by atoms with E-state index in [2.05, 4.69) is 38.1 Å². The maximum absolute atomic E-state index is 13.9. The number of nitrogens with zero attached hydrogens (tertiary/aromatic N) is 1. The lowest BCUT2D eigenvalue weighted by atomic mass is 9.42. The second-order valence-corrected chi connectivity index (χ2v) is 9.88. The number of anilines is 1. The van der Waals surface area contributed by atoms with Gasteiger partial charge in [0.15, 0.2) is 0 Å². The van der Waals surface area contributed by atoms with Crippen LogP contribution < -0.4 is 4.90 Å². The first-order valence-corrected chi connectivity index (χ1v) is 11.1. The fraction of sp³-hybridized carbons (Fsp3) is 0.231. The summed E-state index contributed by atoms with van der Waals surface area (Å²) in [6.45, 7) is 4.23. The molecule has 0 N–H and O–H groups in total. The van der Waals surface area contributed by atoms with Gasteiger partial charge in [0.05, 0.1) is 27.6 Å². The molecule has 5 heteroatoms. The van der Waals surface area contributed by atoms with Gasteiger partial charge >= 0.3 is 0 Å². The highest BCUT2D eigenvalue weighted by molar-refractivity contribution is 6.42. The predicted octanol–water partition coefficient (Wildman–Crippen LogP) is 5.74. The number of hydrogen-bond donors (Lipinski definition) is 0. The van der Waals surface area contributed by atoms with Gasteiger partial charge in [-0.05, 0) is 40.5 Å². The van der Waals surface area contributed by atoms with Gasteiger partial charge < -0.3 is 0 Å². The van der Waals surface area contributed by atoms with Crippen LogP contribution in [0.15, 0.2) is 66.7 Å². The van der Waals surface area contributed by atoms with Crippen LogP contribution in [0.1, 0.15) is 36.1 Å². The maximum atomic E-state index is 13.9. The van der Waals surface area contributed by atoms with Gasteiger partial charge in [-0.3, -0.25) is 9.59 Å². The zero-order valence-corrected chi connectivity index (χ0v) is 18.5. The standard InChI is InChI=1S/C26H19Cl2NO2/c1-25-15-7-3-5-9-17(15)26(2,18-10-6-4-8-16(18)25)22-21(25)23(30)29(24(22)31)14-11-12-19(27)20(28)13-14/h3-13,21-22H,1-2H3/t21-,22-,25?,26?/m0/s1. The van der Waals surface area contributed by atoms with E-state index in [1.165, 1.54) is 4.90 Å². The second kappa shape index (κ2) is 5.99. The molecule has 0 unspecified atom stereocenters. The van der Waals surface area contributed by atoms with Gasteiger partial charge in [0, 0.05) is 10.8 Å². The quantitative estimate of drug-likeness (QED) is 0.446. The van der Waals surface area contributed by atoms with Crippen LogP contribution in [-0.4, -0.2) is 11.8 Å². The van der Waals surface area contributed by atoms with Crippen LogP contribution >= 0.6 is 23.2 Å². The van der Waals surface area contributed by atoms with Gasteiger partial charge in [-0.2, -0.15) is 0 Å². The number of benzene rings is 3. The largest absolute Gasteiger partial charge is 0.274 e. The van der Waals surface area contributed by atoms with Crippen LogP contribution in [0.4, 0.5) is 5.69 Å². The Hall–Kier alpha value is -2.62. The number of carbonyl (C=O) groups is 2. The molecule has 0 aromatic heterocycles. The highest BCUT2D eigenvalue weighted by Gasteiger charge is 2.70. The molecule has 3 aromatic rings. The van der Waals surface area contributed by atoms with Crippen LogP contribution in [-0.2, 0) is 20.4 Å². The Bertz CT molecular complexity index is 1190. The SMILES string of the molecule is CC12c3ccccc3C(C)(c3ccccc31)[C@@H]1C(=O)N(c3ccc(Cl)c(Cl)c3)C(=O)[C@H]12. The molecular formula is C26H19Cl2NO2. The third-order valence-electron chi connectivity index (χ3n) is 7.80. The van der Waals surface area contributed by atoms with Crippen molar-refractivity contribution in [2.24, 2.45) is 11.8 Å². The third-order valence-corrected chi connectivity index (χ3v) is 8.54. The van der Waals surface area contributed by atoms with E-state index in [1.807, 2.05) is 24.3 Å². The first-order valence-electron chi connectivity index (χ1n) is 10.3. The number of imide groups is 1. The van der Waals surface area contributed by atoms with E-state index < -0.39 is 22.7 Å². The molecule has 1 fully saturated rings. The Labute approximate surface area is 190 Å². The molecule has 31 heavy (non-hydrogen) atoms. The van der Waals surface area contributed by atoms with Crippen molar-refractivity contribution in [1.29, 1.82) is 0 Å². The minimum absolute atomic E-state index is 0.175. The number of hydrogen-bond acceptors (Lipinski definition) is 2. The van der Waals surface area contributed by atoms with E-state index in [0.29, 0.717) is 15.7 Å². The summed E-state index contributed by atoms with van der Waals surface area (Å²) < 4.78 is 0. The summed E-state index contributed by atoms with van der Waals surface area (Å²) in [5.41, 5.74) is 3.83.